The Kier molecular flexibility index (Phi) is 4.16. The molecule has 0 N–H and O–H groups in total. The molecule has 0 bridgehead atoms. The van der Waals surface area contributed by atoms with Gasteiger partial charge in [0.05, 0.1) is 12.7 Å². The number of hydrogen-bond donors (Lipinski definition) is 0. The van der Waals surface area contributed by atoms with Crippen molar-refractivity contribution in [1.82, 2.24) is 0 Å². The molecule has 0 radical (unpaired) electrons. The molecule has 0 saturated carbocycles. The molecule has 0 heterocycles. The Bertz CT molecular complexity index is 651. The van der Waals surface area contributed by atoms with Gasteiger partial charge in [0, 0.05) is 0 Å². The summed E-state index contributed by atoms with van der Waals surface area (Å²) in [5.74, 6) is 0.00399. The maximum absolute atomic E-state index is 12.4. The van der Waals surface area contributed by atoms with Gasteiger partial charge in [-0.05, 0) is 29.3 Å². The summed E-state index contributed by atoms with van der Waals surface area (Å²) in [6, 6.07) is 10.7. The van der Waals surface area contributed by atoms with Crippen LogP contribution in [0.5, 0.6) is 11.5 Å². The van der Waals surface area contributed by atoms with Crippen molar-refractivity contribution < 1.29 is 27.4 Å². The average molecular weight is 296 g/mol. The summed E-state index contributed by atoms with van der Waals surface area (Å²) in [5, 5.41) is 0. The van der Waals surface area contributed by atoms with Crippen molar-refractivity contribution >= 4 is 6.29 Å². The molecule has 0 aliphatic carbocycles. The zero-order valence-electron chi connectivity index (χ0n) is 11.0. The highest BCUT2D eigenvalue weighted by molar-refractivity contribution is 5.91. The van der Waals surface area contributed by atoms with E-state index in [-0.39, 0.29) is 5.56 Å². The summed E-state index contributed by atoms with van der Waals surface area (Å²) in [7, 11) is 1.48. The van der Waals surface area contributed by atoms with E-state index in [1.807, 2.05) is 0 Å². The lowest BCUT2D eigenvalue weighted by Gasteiger charge is -2.14. The fourth-order valence-corrected chi connectivity index (χ4v) is 1.92. The standard InChI is InChI=1S/C15H11F3O3/c1-20-11-5-2-4-10(8-11)12-6-3-7-14(13(12)9-19)21-15(16,17)18/h2-9H,1H3. The van der Waals surface area contributed by atoms with Crippen molar-refractivity contribution in [2.45, 2.75) is 6.36 Å². The molecule has 0 atom stereocenters. The van der Waals surface area contributed by atoms with Crippen LogP contribution in [-0.2, 0) is 0 Å². The molecule has 3 nitrogen and oxygen atoms in total. The van der Waals surface area contributed by atoms with Gasteiger partial charge in [0.25, 0.3) is 0 Å². The van der Waals surface area contributed by atoms with Gasteiger partial charge in [-0.2, -0.15) is 0 Å². The van der Waals surface area contributed by atoms with E-state index in [1.165, 1.54) is 13.2 Å². The third-order valence-corrected chi connectivity index (χ3v) is 2.79. The third-order valence-electron chi connectivity index (χ3n) is 2.79. The smallest absolute Gasteiger partial charge is 0.497 e. The number of aldehydes is 1. The van der Waals surface area contributed by atoms with E-state index in [0.29, 0.717) is 23.2 Å². The summed E-state index contributed by atoms with van der Waals surface area (Å²) in [4.78, 5) is 11.2. The van der Waals surface area contributed by atoms with Gasteiger partial charge in [0.1, 0.15) is 11.5 Å². The first-order valence-electron chi connectivity index (χ1n) is 5.93. The Hall–Kier alpha value is -2.50. The summed E-state index contributed by atoms with van der Waals surface area (Å²) in [6.45, 7) is 0. The number of benzene rings is 2. The highest BCUT2D eigenvalue weighted by Crippen LogP contribution is 2.33. The third kappa shape index (κ3) is 3.53. The normalized spacial score (nSPS) is 11.0. The van der Waals surface area contributed by atoms with Crippen molar-refractivity contribution in [1.29, 1.82) is 0 Å². The van der Waals surface area contributed by atoms with Crippen LogP contribution >= 0.6 is 0 Å². The molecule has 0 spiro atoms. The molecular weight excluding hydrogens is 285 g/mol. The molecule has 6 heteroatoms. The number of ether oxygens (including phenoxy) is 2. The summed E-state index contributed by atoms with van der Waals surface area (Å²) < 4.78 is 46.0. The van der Waals surface area contributed by atoms with Gasteiger partial charge in [-0.1, -0.05) is 24.3 Å². The van der Waals surface area contributed by atoms with Crippen molar-refractivity contribution in [3.05, 3.63) is 48.0 Å². The predicted octanol–water partition coefficient (Wildman–Crippen LogP) is 4.07. The number of methoxy groups -OCH3 is 1. The largest absolute Gasteiger partial charge is 0.573 e. The molecule has 0 fully saturated rings. The zero-order valence-corrected chi connectivity index (χ0v) is 11.0. The number of carbonyl (C=O) groups excluding carboxylic acids is 1. The van der Waals surface area contributed by atoms with Gasteiger partial charge < -0.3 is 9.47 Å². The van der Waals surface area contributed by atoms with Gasteiger partial charge >= 0.3 is 6.36 Å². The lowest BCUT2D eigenvalue weighted by molar-refractivity contribution is -0.274. The van der Waals surface area contributed by atoms with Crippen LogP contribution in [0.2, 0.25) is 0 Å². The fraction of sp³-hybridized carbons (Fsp3) is 0.133. The van der Waals surface area contributed by atoms with Crippen molar-refractivity contribution in [2.75, 3.05) is 7.11 Å². The molecule has 21 heavy (non-hydrogen) atoms. The second-order valence-corrected chi connectivity index (χ2v) is 4.11. The number of halogens is 3. The SMILES string of the molecule is COc1cccc(-c2cccc(OC(F)(F)F)c2C=O)c1. The van der Waals surface area contributed by atoms with Gasteiger partial charge in [0.15, 0.2) is 6.29 Å². The van der Waals surface area contributed by atoms with Crippen LogP contribution in [0.1, 0.15) is 10.4 Å². The van der Waals surface area contributed by atoms with Crippen LogP contribution in [0.3, 0.4) is 0 Å². The minimum absolute atomic E-state index is 0.164. The summed E-state index contributed by atoms with van der Waals surface area (Å²) in [6.07, 6.45) is -4.51. The van der Waals surface area contributed by atoms with Crippen LogP contribution in [0.4, 0.5) is 13.2 Å². The molecule has 0 aliphatic rings. The lowest BCUT2D eigenvalue weighted by Crippen LogP contribution is -2.18. The van der Waals surface area contributed by atoms with E-state index in [4.69, 9.17) is 4.74 Å². The van der Waals surface area contributed by atoms with E-state index in [9.17, 15) is 18.0 Å². The van der Waals surface area contributed by atoms with Gasteiger partial charge in [-0.15, -0.1) is 13.2 Å². The summed E-state index contributed by atoms with van der Waals surface area (Å²) >= 11 is 0. The van der Waals surface area contributed by atoms with Crippen LogP contribution < -0.4 is 9.47 Å². The fourth-order valence-electron chi connectivity index (χ4n) is 1.92. The Balaban J connectivity index is 2.53. The van der Waals surface area contributed by atoms with E-state index in [1.54, 1.807) is 30.3 Å². The van der Waals surface area contributed by atoms with E-state index in [0.717, 1.165) is 6.07 Å². The van der Waals surface area contributed by atoms with Crippen LogP contribution in [0.25, 0.3) is 11.1 Å². The minimum atomic E-state index is -4.86. The number of carbonyl (C=O) groups is 1. The van der Waals surface area contributed by atoms with Gasteiger partial charge in [-0.25, -0.2) is 0 Å². The van der Waals surface area contributed by atoms with E-state index in [2.05, 4.69) is 4.74 Å². The molecule has 0 aliphatic heterocycles. The molecule has 0 aromatic heterocycles. The zero-order chi connectivity index (χ0) is 15.5. The van der Waals surface area contributed by atoms with E-state index < -0.39 is 12.1 Å². The number of rotatable bonds is 4. The number of alkyl halides is 3. The van der Waals surface area contributed by atoms with Crippen molar-refractivity contribution in [3.63, 3.8) is 0 Å². The molecule has 0 unspecified atom stereocenters. The molecule has 2 aromatic rings. The maximum Gasteiger partial charge on any atom is 0.573 e. The quantitative estimate of drug-likeness (QED) is 0.798. The first kappa shape index (κ1) is 14.9. The Morgan fingerprint density at radius 2 is 1.81 bits per heavy atom. The summed E-state index contributed by atoms with van der Waals surface area (Å²) in [5.41, 5.74) is 0.734. The Morgan fingerprint density at radius 1 is 1.10 bits per heavy atom. The molecule has 2 aromatic carbocycles. The first-order valence-corrected chi connectivity index (χ1v) is 5.93. The maximum atomic E-state index is 12.4. The predicted molar refractivity (Wildman–Crippen MR) is 70.5 cm³/mol. The molecular formula is C15H11F3O3. The molecule has 0 saturated heterocycles. The molecule has 110 valence electrons. The van der Waals surface area contributed by atoms with Crippen LogP contribution in [0.15, 0.2) is 42.5 Å². The van der Waals surface area contributed by atoms with Crippen LogP contribution in [-0.4, -0.2) is 19.8 Å². The number of hydrogen-bond acceptors (Lipinski definition) is 3. The van der Waals surface area contributed by atoms with Crippen molar-refractivity contribution in [2.24, 2.45) is 0 Å². The monoisotopic (exact) mass is 296 g/mol. The topological polar surface area (TPSA) is 35.5 Å². The second-order valence-electron chi connectivity index (χ2n) is 4.11. The van der Waals surface area contributed by atoms with E-state index >= 15 is 0 Å². The second kappa shape index (κ2) is 5.87. The first-order chi connectivity index (χ1) is 9.94. The van der Waals surface area contributed by atoms with Crippen molar-refractivity contribution in [3.8, 4) is 22.6 Å². The average Bonchev–Trinajstić information content (AvgIpc) is 2.45. The lowest BCUT2D eigenvalue weighted by atomic mass is 9.99. The van der Waals surface area contributed by atoms with Gasteiger partial charge in [0.2, 0.25) is 0 Å². The highest BCUT2D eigenvalue weighted by Gasteiger charge is 2.32. The Morgan fingerprint density at radius 3 is 2.43 bits per heavy atom. The molecule has 0 amide bonds. The highest BCUT2D eigenvalue weighted by atomic mass is 19.4. The van der Waals surface area contributed by atoms with Crippen LogP contribution in [0, 0.1) is 0 Å². The van der Waals surface area contributed by atoms with Gasteiger partial charge in [-0.3, -0.25) is 4.79 Å². The Labute approximate surface area is 118 Å². The molecule has 2 rings (SSSR count). The minimum Gasteiger partial charge on any atom is -0.497 e.